The van der Waals surface area contributed by atoms with Crippen molar-refractivity contribution in [2.24, 2.45) is 19.3 Å². The number of ether oxygens (including phenoxy) is 1. The molecule has 3 aromatic rings. The number of amides is 1. The smallest absolute Gasteiger partial charge is 0.332 e. The van der Waals surface area contributed by atoms with Crippen molar-refractivity contribution in [3.63, 3.8) is 0 Å². The van der Waals surface area contributed by atoms with Gasteiger partial charge < -0.3 is 19.9 Å². The van der Waals surface area contributed by atoms with Gasteiger partial charge in [0.25, 0.3) is 11.5 Å². The number of nitrogens with zero attached hydrogens (tertiary/aromatic N) is 4. The second-order valence-electron chi connectivity index (χ2n) is 7.83. The number of aromatic amines is 1. The number of rotatable bonds is 6. The average molecular weight is 440 g/mol. The van der Waals surface area contributed by atoms with Gasteiger partial charge in [-0.1, -0.05) is 17.3 Å². The minimum Gasteiger partial charge on any atom is -0.496 e. The number of oxime groups is 1. The molecule has 0 radical (unpaired) electrons. The van der Waals surface area contributed by atoms with E-state index < -0.39 is 16.9 Å². The molecule has 0 bridgehead atoms. The van der Waals surface area contributed by atoms with E-state index in [1.54, 1.807) is 21.1 Å². The van der Waals surface area contributed by atoms with Crippen molar-refractivity contribution in [1.29, 1.82) is 0 Å². The van der Waals surface area contributed by atoms with Gasteiger partial charge >= 0.3 is 5.69 Å². The van der Waals surface area contributed by atoms with Gasteiger partial charge in [-0.15, -0.1) is 0 Å². The molecule has 168 valence electrons. The maximum atomic E-state index is 12.8. The van der Waals surface area contributed by atoms with Crippen LogP contribution in [0.1, 0.15) is 24.7 Å². The third-order valence-electron chi connectivity index (χ3n) is 5.55. The van der Waals surface area contributed by atoms with Crippen LogP contribution >= 0.6 is 0 Å². The van der Waals surface area contributed by atoms with E-state index in [9.17, 15) is 14.4 Å². The maximum Gasteiger partial charge on any atom is 0.332 e. The number of benzene rings is 1. The lowest BCUT2D eigenvalue weighted by Crippen LogP contribution is -2.45. The van der Waals surface area contributed by atoms with Gasteiger partial charge in [0, 0.05) is 39.0 Å². The van der Waals surface area contributed by atoms with Crippen LogP contribution in [-0.2, 0) is 30.1 Å². The van der Waals surface area contributed by atoms with Gasteiger partial charge in [-0.2, -0.15) is 0 Å². The van der Waals surface area contributed by atoms with Crippen LogP contribution in [0.15, 0.2) is 39.0 Å². The van der Waals surface area contributed by atoms with Gasteiger partial charge in [-0.3, -0.25) is 18.7 Å². The summed E-state index contributed by atoms with van der Waals surface area (Å²) in [7, 11) is 4.54. The molecule has 1 aliphatic heterocycles. The zero-order chi connectivity index (χ0) is 23.0. The van der Waals surface area contributed by atoms with Crippen LogP contribution in [0.5, 0.6) is 5.75 Å². The van der Waals surface area contributed by atoms with Crippen molar-refractivity contribution < 1.29 is 14.4 Å². The first-order valence-electron chi connectivity index (χ1n) is 10.1. The van der Waals surface area contributed by atoms with Gasteiger partial charge in [-0.25, -0.2) is 9.78 Å². The fraction of sp³-hybridized carbons (Fsp3) is 0.381. The fourth-order valence-electron chi connectivity index (χ4n) is 3.66. The average Bonchev–Trinajstić information content (AvgIpc) is 3.41. The Kier molecular flexibility index (Phi) is 5.33. The number of fused-ring (bicyclic) bond motifs is 1. The Bertz CT molecular complexity index is 1350. The van der Waals surface area contributed by atoms with Crippen LogP contribution in [0.25, 0.3) is 11.2 Å². The minimum atomic E-state index is -1.15. The summed E-state index contributed by atoms with van der Waals surface area (Å²) in [5, 5.41) is 6.94. The molecule has 32 heavy (non-hydrogen) atoms. The molecule has 0 aliphatic carbocycles. The Morgan fingerprint density at radius 3 is 2.78 bits per heavy atom. The zero-order valence-corrected chi connectivity index (χ0v) is 18.3. The number of imidazole rings is 1. The number of aromatic nitrogens is 4. The molecule has 1 atom stereocenters. The topological polar surface area (TPSA) is 133 Å². The van der Waals surface area contributed by atoms with Crippen LogP contribution < -0.4 is 21.3 Å². The third kappa shape index (κ3) is 3.55. The van der Waals surface area contributed by atoms with E-state index >= 15 is 0 Å². The molecule has 1 aromatic carbocycles. The molecule has 0 saturated carbocycles. The molecule has 11 nitrogen and oxygen atoms in total. The van der Waals surface area contributed by atoms with Gasteiger partial charge in [0.1, 0.15) is 17.1 Å². The van der Waals surface area contributed by atoms with Gasteiger partial charge in [0.05, 0.1) is 12.8 Å². The lowest BCUT2D eigenvalue weighted by Gasteiger charge is -2.20. The van der Waals surface area contributed by atoms with Crippen LogP contribution in [0, 0.1) is 0 Å². The van der Waals surface area contributed by atoms with Crippen molar-refractivity contribution in [2.75, 3.05) is 13.7 Å². The standard InChI is InChI=1S/C21H24N6O5/c1-21(11-13(25-32-21)12-7-5-6-8-14(12)31-4)19(29)22-10-9-15-23-16-17(24-15)26(2)20(30)27(3)18(16)28/h5-8H,9-11H2,1-4H3,(H,22,29)(H,23,24). The number of hydrogen-bond acceptors (Lipinski definition) is 7. The largest absolute Gasteiger partial charge is 0.496 e. The first kappa shape index (κ1) is 21.3. The van der Waals surface area contributed by atoms with Gasteiger partial charge in [0.15, 0.2) is 5.65 Å². The van der Waals surface area contributed by atoms with E-state index in [1.165, 1.54) is 11.6 Å². The number of carbonyl (C=O) groups is 1. The third-order valence-corrected chi connectivity index (χ3v) is 5.55. The zero-order valence-electron chi connectivity index (χ0n) is 18.3. The number of para-hydroxylation sites is 1. The fourth-order valence-corrected chi connectivity index (χ4v) is 3.66. The first-order chi connectivity index (χ1) is 15.2. The van der Waals surface area contributed by atoms with Crippen molar-refractivity contribution in [3.8, 4) is 5.75 Å². The van der Waals surface area contributed by atoms with E-state index in [1.807, 2.05) is 24.3 Å². The predicted molar refractivity (Wildman–Crippen MR) is 117 cm³/mol. The monoisotopic (exact) mass is 440 g/mol. The lowest BCUT2D eigenvalue weighted by atomic mass is 9.94. The molecule has 11 heteroatoms. The maximum absolute atomic E-state index is 12.8. The van der Waals surface area contributed by atoms with Crippen molar-refractivity contribution >= 4 is 22.8 Å². The summed E-state index contributed by atoms with van der Waals surface area (Å²) in [6, 6.07) is 7.41. The predicted octanol–water partition coefficient (Wildman–Crippen LogP) is 0.211. The highest BCUT2D eigenvalue weighted by Crippen LogP contribution is 2.30. The molecule has 3 heterocycles. The normalized spacial score (nSPS) is 17.8. The quantitative estimate of drug-likeness (QED) is 0.563. The molecule has 0 saturated heterocycles. The summed E-state index contributed by atoms with van der Waals surface area (Å²) in [5.74, 6) is 0.831. The van der Waals surface area contributed by atoms with Crippen molar-refractivity contribution in [1.82, 2.24) is 24.4 Å². The van der Waals surface area contributed by atoms with Gasteiger partial charge in [-0.05, 0) is 19.1 Å². The summed E-state index contributed by atoms with van der Waals surface area (Å²) in [6.07, 6.45) is 0.635. The SMILES string of the molecule is COc1ccccc1C1=NOC(C)(C(=O)NCCc2nc3c([nH]2)c(=O)n(C)c(=O)n3C)C1. The van der Waals surface area contributed by atoms with Crippen LogP contribution in [0.4, 0.5) is 0 Å². The Hall–Kier alpha value is -3.89. The molecule has 2 N–H and O–H groups in total. The van der Waals surface area contributed by atoms with E-state index in [0.29, 0.717) is 30.1 Å². The number of hydrogen-bond donors (Lipinski definition) is 2. The van der Waals surface area contributed by atoms with E-state index in [-0.39, 0.29) is 23.6 Å². The molecule has 1 amide bonds. The van der Waals surface area contributed by atoms with E-state index in [2.05, 4.69) is 20.4 Å². The van der Waals surface area contributed by atoms with Gasteiger partial charge in [0.2, 0.25) is 5.60 Å². The highest BCUT2D eigenvalue weighted by molar-refractivity contribution is 6.07. The number of methoxy groups -OCH3 is 1. The van der Waals surface area contributed by atoms with E-state index in [4.69, 9.17) is 9.57 Å². The number of H-pyrrole nitrogens is 1. The molecule has 1 unspecified atom stereocenters. The molecule has 0 fully saturated rings. The minimum absolute atomic E-state index is 0.247. The second kappa shape index (κ2) is 7.98. The summed E-state index contributed by atoms with van der Waals surface area (Å²) in [6.45, 7) is 1.94. The summed E-state index contributed by atoms with van der Waals surface area (Å²) in [4.78, 5) is 49.9. The molecule has 0 spiro atoms. The molecule has 1 aliphatic rings. The second-order valence-corrected chi connectivity index (χ2v) is 7.83. The molecular weight excluding hydrogens is 416 g/mol. The van der Waals surface area contributed by atoms with Crippen molar-refractivity contribution in [3.05, 3.63) is 56.5 Å². The van der Waals surface area contributed by atoms with Crippen molar-refractivity contribution in [2.45, 2.75) is 25.4 Å². The Labute approximate surface area is 182 Å². The Morgan fingerprint density at radius 1 is 1.28 bits per heavy atom. The van der Waals surface area contributed by atoms with E-state index in [0.717, 1.165) is 10.1 Å². The summed E-state index contributed by atoms with van der Waals surface area (Å²) < 4.78 is 7.69. The summed E-state index contributed by atoms with van der Waals surface area (Å²) >= 11 is 0. The number of carbonyl (C=O) groups excluding carboxylic acids is 1. The summed E-state index contributed by atoms with van der Waals surface area (Å²) in [5.41, 5.74) is -0.110. The molecule has 4 rings (SSSR count). The lowest BCUT2D eigenvalue weighted by molar-refractivity contribution is -0.141. The highest BCUT2D eigenvalue weighted by atomic mass is 16.7. The first-order valence-corrected chi connectivity index (χ1v) is 10.1. The Balaban J connectivity index is 1.42. The highest BCUT2D eigenvalue weighted by Gasteiger charge is 2.42. The van der Waals surface area contributed by atoms with Crippen LogP contribution in [0.2, 0.25) is 0 Å². The molecular formula is C21H24N6O5. The number of nitrogens with one attached hydrogen (secondary N) is 2. The van der Waals surface area contributed by atoms with Crippen LogP contribution in [0.3, 0.4) is 0 Å². The van der Waals surface area contributed by atoms with Crippen LogP contribution in [-0.4, -0.2) is 50.0 Å². The number of aryl methyl sites for hydroxylation is 1. The Morgan fingerprint density at radius 2 is 2.03 bits per heavy atom. The molecule has 2 aromatic heterocycles.